The molecular formula is C28H30F2N4O5. The van der Waals surface area contributed by atoms with Gasteiger partial charge >= 0.3 is 0 Å². The predicted molar refractivity (Wildman–Crippen MR) is 140 cm³/mol. The van der Waals surface area contributed by atoms with Crippen LogP contribution in [0.5, 0.6) is 11.5 Å². The molecule has 2 aromatic heterocycles. The van der Waals surface area contributed by atoms with Crippen molar-refractivity contribution in [2.75, 3.05) is 32.8 Å². The van der Waals surface area contributed by atoms with E-state index in [1.807, 2.05) is 0 Å². The van der Waals surface area contributed by atoms with Crippen molar-refractivity contribution in [3.8, 4) is 22.8 Å². The van der Waals surface area contributed by atoms with Gasteiger partial charge in [0.2, 0.25) is 5.95 Å². The number of aromatic nitrogens is 3. The lowest BCUT2D eigenvalue weighted by molar-refractivity contribution is -0.115. The Morgan fingerprint density at radius 2 is 1.90 bits per heavy atom. The normalized spacial score (nSPS) is 24.3. The van der Waals surface area contributed by atoms with Gasteiger partial charge in [-0.25, -0.2) is 18.7 Å². The van der Waals surface area contributed by atoms with Gasteiger partial charge in [-0.2, -0.15) is 0 Å². The highest BCUT2D eigenvalue weighted by Gasteiger charge is 2.41. The van der Waals surface area contributed by atoms with Crippen LogP contribution in [0.4, 0.5) is 14.7 Å². The van der Waals surface area contributed by atoms with Gasteiger partial charge in [0.05, 0.1) is 61.5 Å². The minimum Gasteiger partial charge on any atom is -0.494 e. The fourth-order valence-electron chi connectivity index (χ4n) is 5.32. The van der Waals surface area contributed by atoms with Gasteiger partial charge in [-0.05, 0) is 31.9 Å². The molecule has 11 heteroatoms. The molecule has 1 aliphatic carbocycles. The molecule has 0 unspecified atom stereocenters. The van der Waals surface area contributed by atoms with Gasteiger partial charge in [0.15, 0.2) is 28.9 Å². The number of nitrogens with zero attached hydrogens (tertiary/aromatic N) is 3. The third-order valence-electron chi connectivity index (χ3n) is 7.39. The SMILES string of the molecule is C=CC(=O)C[C@H]1COC[C@H]1Nc1ncc2cc(-c3c(F)c(OC)cc(OC)c3F)nc(C3CC(C)(O)C3)c2n1. The zero-order chi connectivity index (χ0) is 27.9. The molecule has 1 aliphatic heterocycles. The molecule has 0 bridgehead atoms. The summed E-state index contributed by atoms with van der Waals surface area (Å²) in [7, 11) is 2.57. The van der Waals surface area contributed by atoms with Crippen LogP contribution in [0.2, 0.25) is 0 Å². The molecule has 1 saturated carbocycles. The number of carbonyl (C=O) groups is 1. The second-order valence-electron chi connectivity index (χ2n) is 10.3. The van der Waals surface area contributed by atoms with Gasteiger partial charge < -0.3 is 24.6 Å². The van der Waals surface area contributed by atoms with Crippen LogP contribution in [0, 0.1) is 17.6 Å². The monoisotopic (exact) mass is 540 g/mol. The Hall–Kier alpha value is -3.70. The lowest BCUT2D eigenvalue weighted by Crippen LogP contribution is -2.39. The minimum atomic E-state index is -0.908. The number of anilines is 1. The highest BCUT2D eigenvalue weighted by molar-refractivity contribution is 5.89. The van der Waals surface area contributed by atoms with E-state index in [2.05, 4.69) is 21.9 Å². The van der Waals surface area contributed by atoms with Crippen LogP contribution in [0.15, 0.2) is 31.0 Å². The Kier molecular flexibility index (Phi) is 7.21. The third kappa shape index (κ3) is 5.16. The van der Waals surface area contributed by atoms with Gasteiger partial charge in [-0.3, -0.25) is 9.78 Å². The molecule has 5 rings (SSSR count). The van der Waals surface area contributed by atoms with E-state index >= 15 is 8.78 Å². The fraction of sp³-hybridized carbons (Fsp3) is 0.429. The van der Waals surface area contributed by atoms with E-state index in [0.29, 0.717) is 55.0 Å². The smallest absolute Gasteiger partial charge is 0.223 e. The molecule has 39 heavy (non-hydrogen) atoms. The summed E-state index contributed by atoms with van der Waals surface area (Å²) >= 11 is 0. The van der Waals surface area contributed by atoms with Crippen LogP contribution < -0.4 is 14.8 Å². The number of halogens is 2. The first kappa shape index (κ1) is 26.9. The maximum atomic E-state index is 15.3. The summed E-state index contributed by atoms with van der Waals surface area (Å²) in [6.45, 7) is 6.09. The largest absolute Gasteiger partial charge is 0.494 e. The molecule has 3 heterocycles. The van der Waals surface area contributed by atoms with E-state index in [-0.39, 0.29) is 46.4 Å². The van der Waals surface area contributed by atoms with Crippen molar-refractivity contribution >= 4 is 22.6 Å². The molecule has 0 radical (unpaired) electrons. The summed E-state index contributed by atoms with van der Waals surface area (Å²) in [5, 5.41) is 14.2. The van der Waals surface area contributed by atoms with Crippen LogP contribution in [0.1, 0.15) is 37.8 Å². The Morgan fingerprint density at radius 3 is 2.51 bits per heavy atom. The van der Waals surface area contributed by atoms with Gasteiger partial charge in [0, 0.05) is 35.9 Å². The van der Waals surface area contributed by atoms with Crippen molar-refractivity contribution in [3.63, 3.8) is 0 Å². The zero-order valence-corrected chi connectivity index (χ0v) is 22.0. The molecule has 3 aromatic rings. The number of hydrogen-bond donors (Lipinski definition) is 2. The van der Waals surface area contributed by atoms with E-state index in [0.717, 1.165) is 6.07 Å². The number of methoxy groups -OCH3 is 2. The minimum absolute atomic E-state index is 0.0350. The first-order valence-electron chi connectivity index (χ1n) is 12.6. The first-order valence-corrected chi connectivity index (χ1v) is 12.6. The molecule has 2 N–H and O–H groups in total. The molecular weight excluding hydrogens is 510 g/mol. The molecule has 1 saturated heterocycles. The van der Waals surface area contributed by atoms with E-state index in [9.17, 15) is 9.90 Å². The van der Waals surface area contributed by atoms with Gasteiger partial charge in [-0.1, -0.05) is 6.58 Å². The standard InChI is InChI=1S/C28H30F2N4O5/c1-5-17(35)6-15-12-39-13-19(15)33-27-31-11-14-7-18(22-23(29)20(37-3)8-21(38-4)24(22)30)32-26(25(14)34-27)16-9-28(2,36)10-16/h5,7-8,11,15-16,19,36H,1,6,9-10,12-13H2,2-4H3,(H,31,33,34)/t15-,16?,19+,28?/m0/s1. The molecule has 0 spiro atoms. The van der Waals surface area contributed by atoms with Crippen LogP contribution >= 0.6 is 0 Å². The number of aliphatic hydroxyl groups is 1. The van der Waals surface area contributed by atoms with Crippen molar-refractivity contribution in [2.45, 2.75) is 43.7 Å². The van der Waals surface area contributed by atoms with Crippen molar-refractivity contribution in [1.29, 1.82) is 0 Å². The molecule has 0 amide bonds. The number of carbonyl (C=O) groups excluding carboxylic acids is 1. The maximum absolute atomic E-state index is 15.3. The van der Waals surface area contributed by atoms with Crippen molar-refractivity contribution in [3.05, 3.63) is 48.3 Å². The third-order valence-corrected chi connectivity index (χ3v) is 7.39. The zero-order valence-electron chi connectivity index (χ0n) is 22.0. The summed E-state index contributed by atoms with van der Waals surface area (Å²) in [5.74, 6) is -2.18. The summed E-state index contributed by atoms with van der Waals surface area (Å²) in [5.41, 5.74) is -0.218. The average Bonchev–Trinajstić information content (AvgIpc) is 3.33. The Labute approximate surface area is 224 Å². The Balaban J connectivity index is 1.58. The second kappa shape index (κ2) is 10.5. The van der Waals surface area contributed by atoms with Gasteiger partial charge in [-0.15, -0.1) is 0 Å². The Morgan fingerprint density at radius 1 is 1.21 bits per heavy atom. The van der Waals surface area contributed by atoms with E-state index in [4.69, 9.17) is 19.2 Å². The highest BCUT2D eigenvalue weighted by Crippen LogP contribution is 2.46. The Bertz CT molecular complexity index is 1410. The molecule has 1 aromatic carbocycles. The second-order valence-corrected chi connectivity index (χ2v) is 10.3. The number of rotatable bonds is 9. The number of ketones is 1. The first-order chi connectivity index (χ1) is 18.6. The molecule has 2 aliphatic rings. The number of pyridine rings is 1. The topological polar surface area (TPSA) is 116 Å². The fourth-order valence-corrected chi connectivity index (χ4v) is 5.32. The number of benzene rings is 1. The molecule has 9 nitrogen and oxygen atoms in total. The average molecular weight is 541 g/mol. The van der Waals surface area contributed by atoms with Gasteiger partial charge in [0.1, 0.15) is 0 Å². The number of ether oxygens (including phenoxy) is 3. The lowest BCUT2D eigenvalue weighted by Gasteiger charge is -2.40. The summed E-state index contributed by atoms with van der Waals surface area (Å²) in [6.07, 6.45) is 3.99. The highest BCUT2D eigenvalue weighted by atomic mass is 19.1. The number of allylic oxidation sites excluding steroid dienone is 1. The van der Waals surface area contributed by atoms with Crippen LogP contribution in [-0.4, -0.2) is 64.9 Å². The lowest BCUT2D eigenvalue weighted by atomic mass is 9.70. The number of nitrogens with one attached hydrogen (secondary N) is 1. The summed E-state index contributed by atoms with van der Waals surface area (Å²) in [4.78, 5) is 25.7. The van der Waals surface area contributed by atoms with Crippen molar-refractivity contribution in [2.24, 2.45) is 5.92 Å². The van der Waals surface area contributed by atoms with Crippen LogP contribution in [0.25, 0.3) is 22.2 Å². The van der Waals surface area contributed by atoms with Crippen molar-refractivity contribution in [1.82, 2.24) is 15.0 Å². The van der Waals surface area contributed by atoms with Crippen LogP contribution in [-0.2, 0) is 9.53 Å². The molecule has 206 valence electrons. The number of hydrogen-bond acceptors (Lipinski definition) is 9. The van der Waals surface area contributed by atoms with E-state index in [1.165, 1.54) is 26.4 Å². The van der Waals surface area contributed by atoms with E-state index < -0.39 is 17.2 Å². The van der Waals surface area contributed by atoms with E-state index in [1.54, 1.807) is 13.1 Å². The van der Waals surface area contributed by atoms with Crippen LogP contribution in [0.3, 0.4) is 0 Å². The van der Waals surface area contributed by atoms with Gasteiger partial charge in [0.25, 0.3) is 0 Å². The maximum Gasteiger partial charge on any atom is 0.223 e. The summed E-state index contributed by atoms with van der Waals surface area (Å²) in [6, 6.07) is 2.48. The predicted octanol–water partition coefficient (Wildman–Crippen LogP) is 4.19. The summed E-state index contributed by atoms with van der Waals surface area (Å²) < 4.78 is 46.5. The number of fused-ring (bicyclic) bond motifs is 1. The molecule has 2 atom stereocenters. The molecule has 2 fully saturated rings. The quantitative estimate of drug-likeness (QED) is 0.386. The van der Waals surface area contributed by atoms with Crippen molar-refractivity contribution < 1.29 is 32.9 Å².